The number of hydrogen-bond acceptors (Lipinski definition) is 4. The molecule has 0 fully saturated rings. The molecule has 13 heavy (non-hydrogen) atoms. The molecule has 1 rings (SSSR count). The summed E-state index contributed by atoms with van der Waals surface area (Å²) in [7, 11) is 6.17. The van der Waals surface area contributed by atoms with E-state index >= 15 is 0 Å². The maximum Gasteiger partial charge on any atom is 0.224 e. The maximum atomic E-state index is 3.92. The molecule has 0 aliphatic heterocycles. The van der Waals surface area contributed by atoms with Crippen LogP contribution in [0.3, 0.4) is 0 Å². The van der Waals surface area contributed by atoms with Gasteiger partial charge < -0.3 is 14.8 Å². The van der Waals surface area contributed by atoms with Gasteiger partial charge in [-0.25, -0.2) is 0 Å². The van der Waals surface area contributed by atoms with Crippen LogP contribution < -0.4 is 4.90 Å². The molecule has 74 valence electrons. The van der Waals surface area contributed by atoms with Crippen LogP contribution in [0, 0.1) is 0 Å². The average molecular weight is 183 g/mol. The molecular weight excluding hydrogens is 166 g/mol. The van der Waals surface area contributed by atoms with Crippen LogP contribution in [0.1, 0.15) is 6.42 Å². The summed E-state index contributed by atoms with van der Waals surface area (Å²) in [5, 5.41) is 7.65. The van der Waals surface area contributed by atoms with Crippen LogP contribution in [0.15, 0.2) is 6.33 Å². The van der Waals surface area contributed by atoms with E-state index in [2.05, 4.69) is 39.1 Å². The molecule has 5 heteroatoms. The number of H-pyrrole nitrogens is 1. The van der Waals surface area contributed by atoms with Crippen molar-refractivity contribution in [1.82, 2.24) is 20.1 Å². The highest BCUT2D eigenvalue weighted by molar-refractivity contribution is 5.24. The van der Waals surface area contributed by atoms with Crippen LogP contribution in [-0.2, 0) is 0 Å². The van der Waals surface area contributed by atoms with Gasteiger partial charge in [-0.05, 0) is 27.1 Å². The summed E-state index contributed by atoms with van der Waals surface area (Å²) in [6, 6.07) is 0. The number of rotatable bonds is 5. The lowest BCUT2D eigenvalue weighted by Crippen LogP contribution is -2.24. The fraction of sp³-hybridized carbons (Fsp3) is 0.750. The number of hydrogen-bond donors (Lipinski definition) is 1. The number of anilines is 1. The predicted octanol–water partition coefficient (Wildman–Crippen LogP) is 0.193. The van der Waals surface area contributed by atoms with E-state index in [4.69, 9.17) is 0 Å². The molecule has 0 aromatic carbocycles. The van der Waals surface area contributed by atoms with Crippen molar-refractivity contribution in [2.75, 3.05) is 39.1 Å². The predicted molar refractivity (Wildman–Crippen MR) is 52.8 cm³/mol. The van der Waals surface area contributed by atoms with Crippen LogP contribution in [0.25, 0.3) is 0 Å². The van der Waals surface area contributed by atoms with Gasteiger partial charge >= 0.3 is 0 Å². The Morgan fingerprint density at radius 2 is 2.08 bits per heavy atom. The summed E-state index contributed by atoms with van der Waals surface area (Å²) >= 11 is 0. The third-order valence-corrected chi connectivity index (χ3v) is 1.86. The van der Waals surface area contributed by atoms with E-state index in [0.29, 0.717) is 0 Å². The lowest BCUT2D eigenvalue weighted by atomic mass is 10.4. The maximum absolute atomic E-state index is 3.92. The van der Waals surface area contributed by atoms with Crippen molar-refractivity contribution in [2.24, 2.45) is 0 Å². The van der Waals surface area contributed by atoms with Crippen molar-refractivity contribution in [3.8, 4) is 0 Å². The molecule has 1 aromatic heterocycles. The molecule has 1 N–H and O–H groups in total. The normalized spacial score (nSPS) is 10.8. The molecule has 1 aromatic rings. The van der Waals surface area contributed by atoms with Crippen LogP contribution in [-0.4, -0.2) is 54.3 Å². The summed E-state index contributed by atoms with van der Waals surface area (Å²) in [5.41, 5.74) is 0. The SMILES string of the molecule is CN(C)CCCN(C)c1nnc[nH]1. The van der Waals surface area contributed by atoms with E-state index in [-0.39, 0.29) is 0 Å². The zero-order valence-corrected chi connectivity index (χ0v) is 8.49. The Morgan fingerprint density at radius 1 is 1.31 bits per heavy atom. The lowest BCUT2D eigenvalue weighted by Gasteiger charge is -2.16. The highest BCUT2D eigenvalue weighted by Gasteiger charge is 2.02. The molecule has 0 saturated carbocycles. The van der Waals surface area contributed by atoms with E-state index in [0.717, 1.165) is 25.5 Å². The van der Waals surface area contributed by atoms with E-state index in [1.165, 1.54) is 0 Å². The molecule has 0 aliphatic rings. The Hall–Kier alpha value is -1.10. The highest BCUT2D eigenvalue weighted by Crippen LogP contribution is 2.01. The zero-order valence-electron chi connectivity index (χ0n) is 8.49. The minimum Gasteiger partial charge on any atom is -0.344 e. The van der Waals surface area contributed by atoms with E-state index in [1.807, 2.05) is 7.05 Å². The Labute approximate surface area is 78.8 Å². The summed E-state index contributed by atoms with van der Waals surface area (Å²) < 4.78 is 0. The van der Waals surface area contributed by atoms with Gasteiger partial charge in [0.1, 0.15) is 6.33 Å². The van der Waals surface area contributed by atoms with Crippen molar-refractivity contribution >= 4 is 5.95 Å². The molecule has 0 radical (unpaired) electrons. The Bertz CT molecular complexity index is 218. The molecule has 5 nitrogen and oxygen atoms in total. The van der Waals surface area contributed by atoms with Gasteiger partial charge in [-0.1, -0.05) is 0 Å². The monoisotopic (exact) mass is 183 g/mol. The van der Waals surface area contributed by atoms with Gasteiger partial charge in [0.15, 0.2) is 0 Å². The second-order valence-corrected chi connectivity index (χ2v) is 3.39. The summed E-state index contributed by atoms with van der Waals surface area (Å²) in [6.07, 6.45) is 2.72. The number of nitrogens with one attached hydrogen (secondary N) is 1. The van der Waals surface area contributed by atoms with Crippen molar-refractivity contribution < 1.29 is 0 Å². The Kier molecular flexibility index (Phi) is 3.70. The first kappa shape index (κ1) is 9.98. The molecule has 0 bridgehead atoms. The van der Waals surface area contributed by atoms with E-state index < -0.39 is 0 Å². The number of aromatic amines is 1. The summed E-state index contributed by atoms with van der Waals surface area (Å²) in [4.78, 5) is 7.21. The van der Waals surface area contributed by atoms with Gasteiger partial charge in [0.25, 0.3) is 0 Å². The Morgan fingerprint density at radius 3 is 2.62 bits per heavy atom. The standard InChI is InChI=1S/C8H17N5/c1-12(2)5-4-6-13(3)8-9-7-10-11-8/h7H,4-6H2,1-3H3,(H,9,10,11). The van der Waals surface area contributed by atoms with Gasteiger partial charge in [0.2, 0.25) is 5.95 Å². The second kappa shape index (κ2) is 4.81. The fourth-order valence-electron chi connectivity index (χ4n) is 1.12. The van der Waals surface area contributed by atoms with Gasteiger partial charge in [-0.2, -0.15) is 0 Å². The molecular formula is C8H17N5. The first-order valence-electron chi connectivity index (χ1n) is 4.42. The van der Waals surface area contributed by atoms with E-state index in [9.17, 15) is 0 Å². The molecule has 0 atom stereocenters. The van der Waals surface area contributed by atoms with Crippen LogP contribution in [0.4, 0.5) is 5.95 Å². The van der Waals surface area contributed by atoms with E-state index in [1.54, 1.807) is 6.33 Å². The molecule has 0 spiro atoms. The number of aromatic nitrogens is 3. The lowest BCUT2D eigenvalue weighted by molar-refractivity contribution is 0.401. The quantitative estimate of drug-likeness (QED) is 0.708. The van der Waals surface area contributed by atoms with Crippen molar-refractivity contribution in [1.29, 1.82) is 0 Å². The Balaban J connectivity index is 2.22. The largest absolute Gasteiger partial charge is 0.344 e. The van der Waals surface area contributed by atoms with Crippen molar-refractivity contribution in [3.63, 3.8) is 0 Å². The molecule has 0 unspecified atom stereocenters. The molecule has 0 amide bonds. The van der Waals surface area contributed by atoms with Crippen molar-refractivity contribution in [2.45, 2.75) is 6.42 Å². The third kappa shape index (κ3) is 3.42. The van der Waals surface area contributed by atoms with Crippen molar-refractivity contribution in [3.05, 3.63) is 6.33 Å². The van der Waals surface area contributed by atoms with Gasteiger partial charge in [-0.15, -0.1) is 10.2 Å². The zero-order chi connectivity index (χ0) is 9.68. The number of nitrogens with zero attached hydrogens (tertiary/aromatic N) is 4. The van der Waals surface area contributed by atoms with Gasteiger partial charge in [0.05, 0.1) is 0 Å². The van der Waals surface area contributed by atoms with Crippen LogP contribution in [0.2, 0.25) is 0 Å². The molecule has 1 heterocycles. The van der Waals surface area contributed by atoms with Crippen LogP contribution >= 0.6 is 0 Å². The molecule has 0 saturated heterocycles. The first-order valence-corrected chi connectivity index (χ1v) is 4.42. The third-order valence-electron chi connectivity index (χ3n) is 1.86. The first-order chi connectivity index (χ1) is 6.20. The van der Waals surface area contributed by atoms with Crippen LogP contribution in [0.5, 0.6) is 0 Å². The van der Waals surface area contributed by atoms with Gasteiger partial charge in [-0.3, -0.25) is 0 Å². The average Bonchev–Trinajstić information content (AvgIpc) is 2.55. The summed E-state index contributed by atoms with van der Waals surface area (Å²) in [5.74, 6) is 0.832. The fourth-order valence-corrected chi connectivity index (χ4v) is 1.12. The highest BCUT2D eigenvalue weighted by atomic mass is 15.3. The topological polar surface area (TPSA) is 48.1 Å². The molecule has 0 aliphatic carbocycles. The minimum absolute atomic E-state index is 0.832. The summed E-state index contributed by atoms with van der Waals surface area (Å²) in [6.45, 7) is 2.09. The smallest absolute Gasteiger partial charge is 0.224 e. The minimum atomic E-state index is 0.832. The second-order valence-electron chi connectivity index (χ2n) is 3.39. The van der Waals surface area contributed by atoms with Gasteiger partial charge in [0, 0.05) is 13.6 Å².